The van der Waals surface area contributed by atoms with Crippen LogP contribution in [0.1, 0.15) is 22.8 Å². The number of nitrogens with one attached hydrogen (secondary N) is 1. The van der Waals surface area contributed by atoms with Crippen molar-refractivity contribution in [2.24, 2.45) is 0 Å². The standard InChI is InChI=1S/C22H19BrClFN4O3/c1-22(25)11-28(12-22)18(30)10-29-19-14(6-15(23)9-26-19)7-17(21(29)32)20(31)27-8-13-2-4-16(24)5-3-13/h2-7,9H,8,10-12H2,1H3,(H,27,31). The van der Waals surface area contributed by atoms with Crippen LogP contribution in [0.5, 0.6) is 0 Å². The van der Waals surface area contributed by atoms with Gasteiger partial charge in [-0.3, -0.25) is 19.0 Å². The van der Waals surface area contributed by atoms with Gasteiger partial charge in [0.1, 0.15) is 23.4 Å². The third kappa shape index (κ3) is 4.68. The zero-order valence-electron chi connectivity index (χ0n) is 17.1. The Morgan fingerprint density at radius 1 is 1.25 bits per heavy atom. The average Bonchev–Trinajstić information content (AvgIpc) is 2.73. The zero-order valence-corrected chi connectivity index (χ0v) is 19.4. The molecule has 1 N–H and O–H groups in total. The lowest BCUT2D eigenvalue weighted by Crippen LogP contribution is -2.60. The quantitative estimate of drug-likeness (QED) is 0.558. The number of fused-ring (bicyclic) bond motifs is 1. The van der Waals surface area contributed by atoms with E-state index in [1.807, 2.05) is 0 Å². The predicted octanol–water partition coefficient (Wildman–Crippen LogP) is 3.31. The molecule has 2 amide bonds. The number of nitrogens with zero attached hydrogens (tertiary/aromatic N) is 3. The minimum absolute atomic E-state index is 0.0290. The highest BCUT2D eigenvalue weighted by Crippen LogP contribution is 2.25. The molecule has 0 atom stereocenters. The summed E-state index contributed by atoms with van der Waals surface area (Å²) in [5, 5.41) is 3.81. The van der Waals surface area contributed by atoms with Crippen LogP contribution < -0.4 is 10.9 Å². The minimum Gasteiger partial charge on any atom is -0.348 e. The highest BCUT2D eigenvalue weighted by Gasteiger charge is 2.41. The van der Waals surface area contributed by atoms with Crippen molar-refractivity contribution in [1.29, 1.82) is 0 Å². The Kier molecular flexibility index (Phi) is 6.05. The van der Waals surface area contributed by atoms with Crippen molar-refractivity contribution in [2.45, 2.75) is 25.7 Å². The number of hydrogen-bond acceptors (Lipinski definition) is 4. The highest BCUT2D eigenvalue weighted by molar-refractivity contribution is 9.10. The Labute approximate surface area is 196 Å². The first-order chi connectivity index (χ1) is 15.1. The molecule has 10 heteroatoms. The highest BCUT2D eigenvalue weighted by atomic mass is 79.9. The Morgan fingerprint density at radius 3 is 2.59 bits per heavy atom. The zero-order chi connectivity index (χ0) is 23.0. The van der Waals surface area contributed by atoms with Gasteiger partial charge in [-0.25, -0.2) is 9.37 Å². The maximum absolute atomic E-state index is 13.8. The van der Waals surface area contributed by atoms with Crippen LogP contribution in [0.15, 0.2) is 51.9 Å². The Bertz CT molecular complexity index is 1270. The Balaban J connectivity index is 1.64. The topological polar surface area (TPSA) is 84.3 Å². The van der Waals surface area contributed by atoms with Gasteiger partial charge in [0.15, 0.2) is 0 Å². The summed E-state index contributed by atoms with van der Waals surface area (Å²) in [7, 11) is 0. The molecule has 7 nitrogen and oxygen atoms in total. The molecule has 0 bridgehead atoms. The summed E-state index contributed by atoms with van der Waals surface area (Å²) in [5.74, 6) is -0.986. The molecule has 166 valence electrons. The molecule has 0 aliphatic carbocycles. The molecule has 1 aliphatic heterocycles. The van der Waals surface area contributed by atoms with E-state index >= 15 is 0 Å². The normalized spacial score (nSPS) is 14.8. The van der Waals surface area contributed by atoms with E-state index in [4.69, 9.17) is 11.6 Å². The number of likely N-dealkylation sites (tertiary alicyclic amines) is 1. The number of hydrogen-bond donors (Lipinski definition) is 1. The number of carbonyl (C=O) groups is 2. The second kappa shape index (κ2) is 8.63. The first-order valence-electron chi connectivity index (χ1n) is 9.81. The van der Waals surface area contributed by atoms with Gasteiger partial charge < -0.3 is 10.2 Å². The minimum atomic E-state index is -1.42. The Hall–Kier alpha value is -2.78. The third-order valence-corrected chi connectivity index (χ3v) is 5.88. The summed E-state index contributed by atoms with van der Waals surface area (Å²) in [6.45, 7) is 1.23. The van der Waals surface area contributed by atoms with Crippen LogP contribution in [0.2, 0.25) is 5.02 Å². The first kappa shape index (κ1) is 22.4. The first-order valence-corrected chi connectivity index (χ1v) is 11.0. The van der Waals surface area contributed by atoms with Crippen molar-refractivity contribution < 1.29 is 14.0 Å². The molecule has 1 aliphatic rings. The summed E-state index contributed by atoms with van der Waals surface area (Å²) in [6.07, 6.45) is 1.51. The fourth-order valence-corrected chi connectivity index (χ4v) is 4.06. The number of aromatic nitrogens is 2. The number of amides is 2. The molecule has 2 aromatic heterocycles. The van der Waals surface area contributed by atoms with Gasteiger partial charge in [-0.05, 0) is 52.7 Å². The second-order valence-corrected chi connectivity index (χ2v) is 9.34. The van der Waals surface area contributed by atoms with Gasteiger partial charge >= 0.3 is 0 Å². The molecule has 1 saturated heterocycles. The number of carbonyl (C=O) groups excluding carboxylic acids is 2. The van der Waals surface area contributed by atoms with E-state index in [9.17, 15) is 18.8 Å². The monoisotopic (exact) mass is 520 g/mol. The summed E-state index contributed by atoms with van der Waals surface area (Å²) in [4.78, 5) is 44.2. The van der Waals surface area contributed by atoms with E-state index in [1.165, 1.54) is 24.1 Å². The van der Waals surface area contributed by atoms with Crippen LogP contribution in [0, 0.1) is 0 Å². The fourth-order valence-electron chi connectivity index (χ4n) is 3.59. The molecule has 3 heterocycles. The van der Waals surface area contributed by atoms with E-state index in [2.05, 4.69) is 26.2 Å². The van der Waals surface area contributed by atoms with E-state index < -0.39 is 23.0 Å². The summed E-state index contributed by atoms with van der Waals surface area (Å²) in [6, 6.07) is 10.1. The molecule has 3 aromatic rings. The predicted molar refractivity (Wildman–Crippen MR) is 122 cm³/mol. The summed E-state index contributed by atoms with van der Waals surface area (Å²) < 4.78 is 15.6. The van der Waals surface area contributed by atoms with E-state index in [0.29, 0.717) is 14.9 Å². The van der Waals surface area contributed by atoms with E-state index in [0.717, 1.165) is 10.1 Å². The third-order valence-electron chi connectivity index (χ3n) is 5.19. The van der Waals surface area contributed by atoms with Crippen molar-refractivity contribution in [1.82, 2.24) is 19.8 Å². The van der Waals surface area contributed by atoms with Gasteiger partial charge in [-0.15, -0.1) is 0 Å². The number of halogens is 3. The maximum Gasteiger partial charge on any atom is 0.265 e. The van der Waals surface area contributed by atoms with Crippen LogP contribution >= 0.6 is 27.5 Å². The molecule has 1 aromatic carbocycles. The van der Waals surface area contributed by atoms with Crippen LogP contribution in [0.3, 0.4) is 0 Å². The molecule has 0 spiro atoms. The SMILES string of the molecule is CC1(F)CN(C(=O)Cn2c(=O)c(C(=O)NCc3ccc(Cl)cc3)cc3cc(Br)cnc32)C1. The lowest BCUT2D eigenvalue weighted by atomic mass is 9.99. The molecule has 32 heavy (non-hydrogen) atoms. The molecule has 1 fully saturated rings. The van der Waals surface area contributed by atoms with Gasteiger partial charge in [0.2, 0.25) is 5.91 Å². The molecule has 4 rings (SSSR count). The largest absolute Gasteiger partial charge is 0.348 e. The van der Waals surface area contributed by atoms with Crippen LogP contribution in [-0.2, 0) is 17.9 Å². The summed E-state index contributed by atoms with van der Waals surface area (Å²) >= 11 is 9.21. The number of pyridine rings is 2. The van der Waals surface area contributed by atoms with Crippen LogP contribution in [0.4, 0.5) is 4.39 Å². The molecular formula is C22H19BrClFN4O3. The van der Waals surface area contributed by atoms with Crippen LogP contribution in [0.25, 0.3) is 11.0 Å². The van der Waals surface area contributed by atoms with Gasteiger partial charge in [0.05, 0.1) is 13.1 Å². The summed E-state index contributed by atoms with van der Waals surface area (Å²) in [5.41, 5.74) is -1.09. The van der Waals surface area contributed by atoms with Crippen molar-refractivity contribution in [2.75, 3.05) is 13.1 Å². The fraction of sp³-hybridized carbons (Fsp3) is 0.273. The van der Waals surface area contributed by atoms with Crippen molar-refractivity contribution >= 4 is 50.4 Å². The molecule has 0 saturated carbocycles. The van der Waals surface area contributed by atoms with Gasteiger partial charge in [-0.2, -0.15) is 0 Å². The van der Waals surface area contributed by atoms with Gasteiger partial charge in [0.25, 0.3) is 11.5 Å². The number of alkyl halides is 1. The van der Waals surface area contributed by atoms with Crippen molar-refractivity contribution in [3.05, 3.63) is 73.6 Å². The number of rotatable bonds is 5. The average molecular weight is 522 g/mol. The Morgan fingerprint density at radius 2 is 1.94 bits per heavy atom. The van der Waals surface area contributed by atoms with E-state index in [-0.39, 0.29) is 37.4 Å². The lowest BCUT2D eigenvalue weighted by molar-refractivity contribution is -0.144. The number of benzene rings is 1. The second-order valence-electron chi connectivity index (χ2n) is 7.99. The molecule has 0 unspecified atom stereocenters. The van der Waals surface area contributed by atoms with Crippen molar-refractivity contribution in [3.8, 4) is 0 Å². The smallest absolute Gasteiger partial charge is 0.265 e. The van der Waals surface area contributed by atoms with Gasteiger partial charge in [-0.1, -0.05) is 23.7 Å². The van der Waals surface area contributed by atoms with Gasteiger partial charge in [0, 0.05) is 27.6 Å². The maximum atomic E-state index is 13.8. The lowest BCUT2D eigenvalue weighted by Gasteiger charge is -2.42. The van der Waals surface area contributed by atoms with Crippen molar-refractivity contribution in [3.63, 3.8) is 0 Å². The van der Waals surface area contributed by atoms with E-state index in [1.54, 1.807) is 30.3 Å². The van der Waals surface area contributed by atoms with Crippen LogP contribution in [-0.4, -0.2) is 45.0 Å². The molecular weight excluding hydrogens is 503 g/mol. The molecule has 0 radical (unpaired) electrons.